The summed E-state index contributed by atoms with van der Waals surface area (Å²) in [5, 5.41) is 8.91. The van der Waals surface area contributed by atoms with Gasteiger partial charge in [-0.3, -0.25) is 0 Å². The smallest absolute Gasteiger partial charge is 0.335 e. The second kappa shape index (κ2) is 5.88. The second-order valence-electron chi connectivity index (χ2n) is 4.23. The summed E-state index contributed by atoms with van der Waals surface area (Å²) in [4.78, 5) is 10.8. The summed E-state index contributed by atoms with van der Waals surface area (Å²) in [6, 6.07) is 3.77. The Morgan fingerprint density at radius 2 is 2.00 bits per heavy atom. The molecule has 0 aliphatic carbocycles. The van der Waals surface area contributed by atoms with E-state index in [1.54, 1.807) is 19.9 Å². The molecule has 0 amide bonds. The maximum Gasteiger partial charge on any atom is 0.335 e. The lowest BCUT2D eigenvalue weighted by molar-refractivity contribution is 0.0696. The van der Waals surface area contributed by atoms with Crippen LogP contribution in [-0.2, 0) is 9.84 Å². The summed E-state index contributed by atoms with van der Waals surface area (Å²) >= 11 is 0. The van der Waals surface area contributed by atoms with Gasteiger partial charge in [0.2, 0.25) is 0 Å². The number of aromatic carboxylic acids is 1. The maximum absolute atomic E-state index is 12.2. The first-order valence-corrected chi connectivity index (χ1v) is 7.20. The van der Waals surface area contributed by atoms with Crippen LogP contribution in [-0.4, -0.2) is 32.4 Å². The first kappa shape index (κ1) is 15.2. The highest BCUT2D eigenvalue weighted by atomic mass is 32.2. The molecule has 0 fully saturated rings. The molecule has 104 valence electrons. The lowest BCUT2D eigenvalue weighted by Gasteiger charge is -2.09. The van der Waals surface area contributed by atoms with Crippen LogP contribution in [0, 0.1) is 0 Å². The number of hydrogen-bond acceptors (Lipinski definition) is 4. The van der Waals surface area contributed by atoms with Gasteiger partial charge in [-0.25, -0.2) is 13.2 Å². The summed E-state index contributed by atoms with van der Waals surface area (Å²) in [7, 11) is -2.28. The molecule has 0 radical (unpaired) electrons. The molecule has 0 aliphatic rings. The van der Waals surface area contributed by atoms with E-state index in [0.717, 1.165) is 11.6 Å². The van der Waals surface area contributed by atoms with Crippen molar-refractivity contribution in [3.8, 4) is 5.75 Å². The molecular weight excluding hydrogens is 268 g/mol. The predicted octanol–water partition coefficient (Wildman–Crippen LogP) is 2.13. The van der Waals surface area contributed by atoms with Crippen molar-refractivity contribution in [3.05, 3.63) is 35.4 Å². The lowest BCUT2D eigenvalue weighted by Crippen LogP contribution is -2.09. The summed E-state index contributed by atoms with van der Waals surface area (Å²) in [6.45, 7) is 3.58. The lowest BCUT2D eigenvalue weighted by atomic mass is 10.2. The fourth-order valence-electron chi connectivity index (χ4n) is 1.42. The number of rotatable bonds is 5. The average Bonchev–Trinajstić information content (AvgIpc) is 2.35. The van der Waals surface area contributed by atoms with Gasteiger partial charge < -0.3 is 9.84 Å². The zero-order valence-corrected chi connectivity index (χ0v) is 11.8. The van der Waals surface area contributed by atoms with Crippen LogP contribution in [0.3, 0.4) is 0 Å². The van der Waals surface area contributed by atoms with E-state index in [4.69, 9.17) is 9.84 Å². The third kappa shape index (κ3) is 3.82. The van der Waals surface area contributed by atoms with E-state index >= 15 is 0 Å². The Hall–Kier alpha value is -1.82. The summed E-state index contributed by atoms with van der Waals surface area (Å²) in [6.07, 6.45) is 1.57. The van der Waals surface area contributed by atoms with Gasteiger partial charge in [0.15, 0.2) is 9.84 Å². The van der Waals surface area contributed by atoms with Gasteiger partial charge in [0.25, 0.3) is 0 Å². The van der Waals surface area contributed by atoms with Gasteiger partial charge in [-0.1, -0.05) is 11.6 Å². The molecule has 1 rings (SSSR count). The Morgan fingerprint density at radius 3 is 2.47 bits per heavy atom. The van der Waals surface area contributed by atoms with E-state index in [-0.39, 0.29) is 22.0 Å². The van der Waals surface area contributed by atoms with Crippen molar-refractivity contribution in [2.24, 2.45) is 0 Å². The molecular formula is C13H16O5S. The van der Waals surface area contributed by atoms with Crippen LogP contribution >= 0.6 is 0 Å². The van der Waals surface area contributed by atoms with E-state index in [2.05, 4.69) is 0 Å². The minimum Gasteiger partial charge on any atom is -0.495 e. The van der Waals surface area contributed by atoms with E-state index < -0.39 is 15.8 Å². The number of carboxylic acids is 1. The summed E-state index contributed by atoms with van der Waals surface area (Å²) in [5.41, 5.74) is 0.786. The zero-order chi connectivity index (χ0) is 14.6. The molecule has 19 heavy (non-hydrogen) atoms. The molecule has 0 aromatic heterocycles. The standard InChI is InChI=1S/C13H16O5S/c1-9(2)6-7-19(16,17)12-8-10(13(14)15)4-5-11(12)18-3/h4-6,8H,7H2,1-3H3,(H,14,15). The van der Waals surface area contributed by atoms with Crippen molar-refractivity contribution in [3.63, 3.8) is 0 Å². The Morgan fingerprint density at radius 1 is 1.37 bits per heavy atom. The van der Waals surface area contributed by atoms with Crippen molar-refractivity contribution < 1.29 is 23.1 Å². The third-order valence-electron chi connectivity index (χ3n) is 2.46. The first-order valence-electron chi connectivity index (χ1n) is 5.55. The van der Waals surface area contributed by atoms with Crippen LogP contribution in [0.25, 0.3) is 0 Å². The Labute approximate surface area is 112 Å². The highest BCUT2D eigenvalue weighted by Gasteiger charge is 2.20. The molecule has 0 heterocycles. The number of benzene rings is 1. The number of allylic oxidation sites excluding steroid dienone is 1. The molecule has 5 nitrogen and oxygen atoms in total. The normalized spacial score (nSPS) is 10.9. The first-order chi connectivity index (χ1) is 8.77. The van der Waals surface area contributed by atoms with Crippen LogP contribution < -0.4 is 4.74 Å². The summed E-state index contributed by atoms with van der Waals surface area (Å²) in [5.74, 6) is -1.22. The molecule has 0 saturated carbocycles. The van der Waals surface area contributed by atoms with Crippen LogP contribution in [0.5, 0.6) is 5.75 Å². The van der Waals surface area contributed by atoms with Crippen LogP contribution in [0.4, 0.5) is 0 Å². The minimum absolute atomic E-state index is 0.0865. The Kier molecular flexibility index (Phi) is 4.72. The van der Waals surface area contributed by atoms with E-state index in [9.17, 15) is 13.2 Å². The van der Waals surface area contributed by atoms with Gasteiger partial charge in [0.05, 0.1) is 18.4 Å². The molecule has 0 unspecified atom stereocenters. The SMILES string of the molecule is COc1ccc(C(=O)O)cc1S(=O)(=O)CC=C(C)C. The maximum atomic E-state index is 12.2. The van der Waals surface area contributed by atoms with Crippen molar-refractivity contribution in [2.45, 2.75) is 18.7 Å². The highest BCUT2D eigenvalue weighted by molar-refractivity contribution is 7.91. The number of carboxylic acid groups (broad SMARTS) is 1. The molecule has 1 N–H and O–H groups in total. The zero-order valence-electron chi connectivity index (χ0n) is 11.0. The quantitative estimate of drug-likeness (QED) is 0.838. The number of ether oxygens (including phenoxy) is 1. The highest BCUT2D eigenvalue weighted by Crippen LogP contribution is 2.26. The van der Waals surface area contributed by atoms with Crippen molar-refractivity contribution in [1.29, 1.82) is 0 Å². The number of hydrogen-bond donors (Lipinski definition) is 1. The van der Waals surface area contributed by atoms with Crippen LogP contribution in [0.1, 0.15) is 24.2 Å². The van der Waals surface area contributed by atoms with E-state index in [1.807, 2.05) is 0 Å². The van der Waals surface area contributed by atoms with Gasteiger partial charge in [-0.05, 0) is 32.0 Å². The number of carbonyl (C=O) groups is 1. The molecule has 0 aliphatic heterocycles. The van der Waals surface area contributed by atoms with Crippen LogP contribution in [0.2, 0.25) is 0 Å². The molecule has 1 aromatic rings. The molecule has 0 spiro atoms. The predicted molar refractivity (Wildman–Crippen MR) is 71.4 cm³/mol. The Bertz CT molecular complexity index is 610. The minimum atomic E-state index is -3.62. The largest absolute Gasteiger partial charge is 0.495 e. The molecule has 0 atom stereocenters. The van der Waals surface area contributed by atoms with E-state index in [0.29, 0.717) is 0 Å². The third-order valence-corrected chi connectivity index (χ3v) is 4.05. The molecule has 0 saturated heterocycles. The second-order valence-corrected chi connectivity index (χ2v) is 6.24. The fraction of sp³-hybridized carbons (Fsp3) is 0.308. The van der Waals surface area contributed by atoms with Gasteiger partial charge in [0.1, 0.15) is 10.6 Å². The number of methoxy groups -OCH3 is 1. The average molecular weight is 284 g/mol. The van der Waals surface area contributed by atoms with Crippen molar-refractivity contribution in [2.75, 3.05) is 12.9 Å². The summed E-state index contributed by atoms with van der Waals surface area (Å²) < 4.78 is 29.3. The Balaban J connectivity index is 3.34. The molecule has 6 heteroatoms. The number of sulfone groups is 1. The monoisotopic (exact) mass is 284 g/mol. The van der Waals surface area contributed by atoms with E-state index in [1.165, 1.54) is 19.2 Å². The van der Waals surface area contributed by atoms with Crippen LogP contribution in [0.15, 0.2) is 34.7 Å². The van der Waals surface area contributed by atoms with Gasteiger partial charge in [0, 0.05) is 0 Å². The van der Waals surface area contributed by atoms with Gasteiger partial charge in [-0.15, -0.1) is 0 Å². The molecule has 1 aromatic carbocycles. The molecule has 0 bridgehead atoms. The van der Waals surface area contributed by atoms with Gasteiger partial charge in [-0.2, -0.15) is 0 Å². The van der Waals surface area contributed by atoms with Crippen molar-refractivity contribution in [1.82, 2.24) is 0 Å². The van der Waals surface area contributed by atoms with Gasteiger partial charge >= 0.3 is 5.97 Å². The topological polar surface area (TPSA) is 80.7 Å². The van der Waals surface area contributed by atoms with Crippen molar-refractivity contribution >= 4 is 15.8 Å². The fourth-order valence-corrected chi connectivity index (χ4v) is 2.92.